The third-order valence-corrected chi connectivity index (χ3v) is 7.75. The molecule has 0 radical (unpaired) electrons. The van der Waals surface area contributed by atoms with Gasteiger partial charge < -0.3 is 9.80 Å². The first kappa shape index (κ1) is 25.8. The van der Waals surface area contributed by atoms with Gasteiger partial charge in [0.25, 0.3) is 11.8 Å². The quantitative estimate of drug-likeness (QED) is 0.297. The van der Waals surface area contributed by atoms with E-state index < -0.39 is 0 Å². The van der Waals surface area contributed by atoms with Gasteiger partial charge in [-0.3, -0.25) is 14.5 Å². The van der Waals surface area contributed by atoms with Crippen molar-refractivity contribution in [3.05, 3.63) is 118 Å². The summed E-state index contributed by atoms with van der Waals surface area (Å²) in [7, 11) is 0. The molecule has 38 heavy (non-hydrogen) atoms. The SMILES string of the molecule is O=C(c1ccc(-c2ccccc2)cc1)N1CCN(CCN(Cc2ccc(F)cc2)C(=O)c2cccs2)CC1. The smallest absolute Gasteiger partial charge is 0.264 e. The zero-order chi connectivity index (χ0) is 26.3. The number of nitrogens with zero attached hydrogens (tertiary/aromatic N) is 3. The van der Waals surface area contributed by atoms with Crippen LogP contribution in [0.3, 0.4) is 0 Å². The number of rotatable bonds is 8. The van der Waals surface area contributed by atoms with Gasteiger partial charge in [0, 0.05) is 51.4 Å². The van der Waals surface area contributed by atoms with Gasteiger partial charge in [-0.05, 0) is 52.4 Å². The number of amides is 2. The Bertz CT molecular complexity index is 1330. The van der Waals surface area contributed by atoms with Crippen LogP contribution in [0, 0.1) is 5.82 Å². The maximum atomic E-state index is 13.4. The number of hydrogen-bond acceptors (Lipinski definition) is 4. The molecule has 3 aromatic carbocycles. The van der Waals surface area contributed by atoms with Crippen LogP contribution >= 0.6 is 11.3 Å². The lowest BCUT2D eigenvalue weighted by Gasteiger charge is -2.36. The fourth-order valence-corrected chi connectivity index (χ4v) is 5.36. The fourth-order valence-electron chi connectivity index (χ4n) is 4.67. The van der Waals surface area contributed by atoms with Crippen LogP contribution in [0.25, 0.3) is 11.1 Å². The number of hydrogen-bond donors (Lipinski definition) is 0. The van der Waals surface area contributed by atoms with Crippen LogP contribution in [0.2, 0.25) is 0 Å². The van der Waals surface area contributed by atoms with Crippen LogP contribution in [0.15, 0.2) is 96.4 Å². The Hall–Kier alpha value is -3.81. The maximum absolute atomic E-state index is 13.4. The Labute approximate surface area is 226 Å². The molecule has 0 bridgehead atoms. The molecule has 194 valence electrons. The van der Waals surface area contributed by atoms with Crippen molar-refractivity contribution >= 4 is 23.2 Å². The average Bonchev–Trinajstić information content (AvgIpc) is 3.52. The van der Waals surface area contributed by atoms with Crippen LogP contribution in [0.5, 0.6) is 0 Å². The van der Waals surface area contributed by atoms with Crippen molar-refractivity contribution in [3.8, 4) is 11.1 Å². The molecule has 1 aliphatic heterocycles. The van der Waals surface area contributed by atoms with Crippen molar-refractivity contribution in [1.82, 2.24) is 14.7 Å². The Balaban J connectivity index is 1.16. The second-order valence-electron chi connectivity index (χ2n) is 9.41. The highest BCUT2D eigenvalue weighted by Gasteiger charge is 2.24. The number of thiophene rings is 1. The number of benzene rings is 3. The van der Waals surface area contributed by atoms with Gasteiger partial charge in [0.2, 0.25) is 0 Å². The van der Waals surface area contributed by atoms with Gasteiger partial charge in [0.15, 0.2) is 0 Å². The van der Waals surface area contributed by atoms with Crippen molar-refractivity contribution in [2.24, 2.45) is 0 Å². The molecule has 2 heterocycles. The standard InChI is InChI=1S/C31H30FN3O2S/c32-28-14-8-24(9-15-28)23-35(31(37)29-7-4-22-38-29)21-18-33-16-19-34(20-17-33)30(36)27-12-10-26(11-13-27)25-5-2-1-3-6-25/h1-15,22H,16-21,23H2. The lowest BCUT2D eigenvalue weighted by Crippen LogP contribution is -2.50. The van der Waals surface area contributed by atoms with Gasteiger partial charge >= 0.3 is 0 Å². The van der Waals surface area contributed by atoms with E-state index in [4.69, 9.17) is 0 Å². The first-order valence-electron chi connectivity index (χ1n) is 12.8. The van der Waals surface area contributed by atoms with Gasteiger partial charge in [0.1, 0.15) is 5.82 Å². The summed E-state index contributed by atoms with van der Waals surface area (Å²) in [5.74, 6) is -0.253. The largest absolute Gasteiger partial charge is 0.336 e. The van der Waals surface area contributed by atoms with Crippen LogP contribution in [0.4, 0.5) is 4.39 Å². The summed E-state index contributed by atoms with van der Waals surface area (Å²) in [5.41, 5.74) is 3.82. The minimum Gasteiger partial charge on any atom is -0.336 e. The highest BCUT2D eigenvalue weighted by atomic mass is 32.1. The van der Waals surface area contributed by atoms with E-state index in [2.05, 4.69) is 17.0 Å². The molecular weight excluding hydrogens is 497 g/mol. The zero-order valence-corrected chi connectivity index (χ0v) is 21.9. The Morgan fingerprint density at radius 3 is 2.13 bits per heavy atom. The van der Waals surface area contributed by atoms with Crippen LogP contribution in [0.1, 0.15) is 25.6 Å². The molecule has 0 saturated carbocycles. The van der Waals surface area contributed by atoms with Crippen LogP contribution in [-0.4, -0.2) is 65.8 Å². The second kappa shape index (κ2) is 12.2. The minimum absolute atomic E-state index is 0.0166. The third kappa shape index (κ3) is 6.36. The molecule has 1 fully saturated rings. The number of halogens is 1. The average molecular weight is 528 g/mol. The van der Waals surface area contributed by atoms with E-state index >= 15 is 0 Å². The summed E-state index contributed by atoms with van der Waals surface area (Å²) in [5, 5.41) is 1.90. The molecule has 0 aliphatic carbocycles. The lowest BCUT2D eigenvalue weighted by atomic mass is 10.0. The highest BCUT2D eigenvalue weighted by molar-refractivity contribution is 7.12. The summed E-state index contributed by atoms with van der Waals surface area (Å²) in [6.07, 6.45) is 0. The molecule has 0 unspecified atom stereocenters. The van der Waals surface area contributed by atoms with E-state index in [1.165, 1.54) is 23.5 Å². The van der Waals surface area contributed by atoms with Crippen LogP contribution in [-0.2, 0) is 6.54 Å². The van der Waals surface area contributed by atoms with Gasteiger partial charge in [-0.15, -0.1) is 11.3 Å². The summed E-state index contributed by atoms with van der Waals surface area (Å²) in [6, 6.07) is 27.9. The third-order valence-electron chi connectivity index (χ3n) is 6.89. The molecule has 0 atom stereocenters. The molecule has 4 aromatic rings. The molecule has 1 aliphatic rings. The summed E-state index contributed by atoms with van der Waals surface area (Å²) in [6.45, 7) is 4.51. The van der Waals surface area contributed by atoms with Crippen molar-refractivity contribution in [3.63, 3.8) is 0 Å². The minimum atomic E-state index is -0.288. The summed E-state index contributed by atoms with van der Waals surface area (Å²) in [4.78, 5) is 33.0. The van der Waals surface area contributed by atoms with Crippen molar-refractivity contribution in [1.29, 1.82) is 0 Å². The Morgan fingerprint density at radius 1 is 0.789 bits per heavy atom. The zero-order valence-electron chi connectivity index (χ0n) is 21.1. The van der Waals surface area contributed by atoms with Crippen molar-refractivity contribution in [2.75, 3.05) is 39.3 Å². The summed E-state index contributed by atoms with van der Waals surface area (Å²) < 4.78 is 13.4. The molecule has 5 nitrogen and oxygen atoms in total. The predicted octanol–water partition coefficient (Wildman–Crippen LogP) is 5.65. The van der Waals surface area contributed by atoms with E-state index in [1.54, 1.807) is 12.1 Å². The van der Waals surface area contributed by atoms with Gasteiger partial charge in [-0.2, -0.15) is 0 Å². The molecule has 5 rings (SSSR count). The van der Waals surface area contributed by atoms with E-state index in [0.717, 1.165) is 29.8 Å². The van der Waals surface area contributed by atoms with Gasteiger partial charge in [0.05, 0.1) is 4.88 Å². The monoisotopic (exact) mass is 527 g/mol. The van der Waals surface area contributed by atoms with E-state index in [0.29, 0.717) is 43.2 Å². The fraction of sp³-hybridized carbons (Fsp3) is 0.226. The lowest BCUT2D eigenvalue weighted by molar-refractivity contribution is 0.0600. The number of piperazine rings is 1. The first-order valence-corrected chi connectivity index (χ1v) is 13.7. The topological polar surface area (TPSA) is 43.9 Å². The molecule has 0 spiro atoms. The van der Waals surface area contributed by atoms with Crippen LogP contribution < -0.4 is 0 Å². The Morgan fingerprint density at radius 2 is 1.47 bits per heavy atom. The molecule has 2 amide bonds. The highest BCUT2D eigenvalue weighted by Crippen LogP contribution is 2.20. The Kier molecular flexibility index (Phi) is 8.26. The molecular formula is C31H30FN3O2S. The van der Waals surface area contributed by atoms with E-state index in [9.17, 15) is 14.0 Å². The normalized spacial score (nSPS) is 13.9. The summed E-state index contributed by atoms with van der Waals surface area (Å²) >= 11 is 1.43. The molecule has 1 aromatic heterocycles. The first-order chi connectivity index (χ1) is 18.6. The van der Waals surface area contributed by atoms with Crippen molar-refractivity contribution in [2.45, 2.75) is 6.54 Å². The van der Waals surface area contributed by atoms with E-state index in [-0.39, 0.29) is 17.6 Å². The van der Waals surface area contributed by atoms with Crippen molar-refractivity contribution < 1.29 is 14.0 Å². The molecule has 1 saturated heterocycles. The van der Waals surface area contributed by atoms with Gasteiger partial charge in [-0.1, -0.05) is 60.7 Å². The number of carbonyl (C=O) groups excluding carboxylic acids is 2. The second-order valence-corrected chi connectivity index (χ2v) is 10.4. The number of carbonyl (C=O) groups is 2. The maximum Gasteiger partial charge on any atom is 0.264 e. The predicted molar refractivity (Wildman–Crippen MR) is 150 cm³/mol. The van der Waals surface area contributed by atoms with Gasteiger partial charge in [-0.25, -0.2) is 4.39 Å². The molecule has 0 N–H and O–H groups in total. The molecule has 7 heteroatoms. The van der Waals surface area contributed by atoms with E-state index in [1.807, 2.05) is 69.8 Å².